The molecule has 4 aromatic rings. The van der Waals surface area contributed by atoms with Gasteiger partial charge in [0.15, 0.2) is 17.8 Å². The Bertz CT molecular complexity index is 1120. The van der Waals surface area contributed by atoms with Gasteiger partial charge in [-0.2, -0.15) is 4.98 Å². The SMILES string of the molecule is CCc1ccc(OCC(=O)Nc2cc(-c3nc4ncccc4o3)ccc2Cl)cc1. The Morgan fingerprint density at radius 1 is 1.17 bits per heavy atom. The zero-order valence-corrected chi connectivity index (χ0v) is 16.4. The van der Waals surface area contributed by atoms with Crippen molar-refractivity contribution in [3.8, 4) is 17.2 Å². The fraction of sp³-hybridized carbons (Fsp3) is 0.136. The average molecular weight is 408 g/mol. The first-order valence-corrected chi connectivity index (χ1v) is 9.53. The molecule has 6 nitrogen and oxygen atoms in total. The number of hydrogen-bond donors (Lipinski definition) is 1. The maximum absolute atomic E-state index is 12.3. The van der Waals surface area contributed by atoms with Crippen LogP contribution in [0.5, 0.6) is 5.75 Å². The molecule has 0 saturated heterocycles. The van der Waals surface area contributed by atoms with E-state index in [-0.39, 0.29) is 12.5 Å². The largest absolute Gasteiger partial charge is 0.484 e. The van der Waals surface area contributed by atoms with Crippen molar-refractivity contribution in [2.45, 2.75) is 13.3 Å². The molecule has 2 heterocycles. The minimum atomic E-state index is -0.317. The molecule has 29 heavy (non-hydrogen) atoms. The molecule has 0 spiro atoms. The van der Waals surface area contributed by atoms with Crippen LogP contribution in [-0.4, -0.2) is 22.5 Å². The van der Waals surface area contributed by atoms with E-state index in [1.165, 1.54) is 5.56 Å². The summed E-state index contributed by atoms with van der Waals surface area (Å²) in [5, 5.41) is 3.17. The molecule has 0 aliphatic heterocycles. The van der Waals surface area contributed by atoms with Gasteiger partial charge < -0.3 is 14.5 Å². The van der Waals surface area contributed by atoms with Gasteiger partial charge in [-0.25, -0.2) is 4.98 Å². The number of aromatic nitrogens is 2. The van der Waals surface area contributed by atoms with Crippen LogP contribution in [0, 0.1) is 0 Å². The summed E-state index contributed by atoms with van der Waals surface area (Å²) in [6.07, 6.45) is 2.60. The second kappa shape index (κ2) is 8.32. The fourth-order valence-electron chi connectivity index (χ4n) is 2.80. The lowest BCUT2D eigenvalue weighted by Gasteiger charge is -2.10. The molecule has 0 fully saturated rings. The summed E-state index contributed by atoms with van der Waals surface area (Å²) in [6.45, 7) is 1.96. The van der Waals surface area contributed by atoms with Gasteiger partial charge >= 0.3 is 0 Å². The molecular formula is C22H18ClN3O3. The second-order valence-electron chi connectivity index (χ2n) is 6.37. The van der Waals surface area contributed by atoms with Crippen LogP contribution in [-0.2, 0) is 11.2 Å². The lowest BCUT2D eigenvalue weighted by Crippen LogP contribution is -2.20. The van der Waals surface area contributed by atoms with Gasteiger partial charge in [0.25, 0.3) is 5.91 Å². The molecule has 0 atom stereocenters. The molecule has 146 valence electrons. The molecule has 2 aromatic heterocycles. The summed E-state index contributed by atoms with van der Waals surface area (Å²) < 4.78 is 11.3. The van der Waals surface area contributed by atoms with Crippen molar-refractivity contribution in [2.75, 3.05) is 11.9 Å². The van der Waals surface area contributed by atoms with Gasteiger partial charge in [0, 0.05) is 11.8 Å². The molecular weight excluding hydrogens is 390 g/mol. The number of benzene rings is 2. The van der Waals surface area contributed by atoms with E-state index in [4.69, 9.17) is 20.8 Å². The maximum atomic E-state index is 12.3. The Hall–Kier alpha value is -3.38. The Morgan fingerprint density at radius 3 is 2.76 bits per heavy atom. The number of amides is 1. The van der Waals surface area contributed by atoms with Crippen LogP contribution in [0.25, 0.3) is 22.7 Å². The minimum Gasteiger partial charge on any atom is -0.484 e. The third-order valence-electron chi connectivity index (χ3n) is 4.35. The highest BCUT2D eigenvalue weighted by Gasteiger charge is 2.13. The summed E-state index contributed by atoms with van der Waals surface area (Å²) in [5.41, 5.74) is 3.45. The lowest BCUT2D eigenvalue weighted by atomic mass is 10.2. The van der Waals surface area contributed by atoms with Crippen molar-refractivity contribution in [2.24, 2.45) is 0 Å². The van der Waals surface area contributed by atoms with Gasteiger partial charge in [-0.1, -0.05) is 30.7 Å². The first-order valence-electron chi connectivity index (χ1n) is 9.15. The molecule has 1 N–H and O–H groups in total. The van der Waals surface area contributed by atoms with Crippen LogP contribution < -0.4 is 10.1 Å². The van der Waals surface area contributed by atoms with E-state index in [0.717, 1.165) is 6.42 Å². The van der Waals surface area contributed by atoms with E-state index < -0.39 is 0 Å². The number of carbonyl (C=O) groups excluding carboxylic acids is 1. The average Bonchev–Trinajstić information content (AvgIpc) is 3.18. The van der Waals surface area contributed by atoms with E-state index in [9.17, 15) is 4.79 Å². The molecule has 0 saturated carbocycles. The molecule has 1 amide bonds. The number of anilines is 1. The van der Waals surface area contributed by atoms with Crippen LogP contribution in [0.4, 0.5) is 5.69 Å². The van der Waals surface area contributed by atoms with Crippen molar-refractivity contribution in [3.63, 3.8) is 0 Å². The lowest BCUT2D eigenvalue weighted by molar-refractivity contribution is -0.118. The van der Waals surface area contributed by atoms with Crippen LogP contribution in [0.15, 0.2) is 65.2 Å². The topological polar surface area (TPSA) is 77.2 Å². The summed E-state index contributed by atoms with van der Waals surface area (Å²) in [6, 6.07) is 16.4. The van der Waals surface area contributed by atoms with Crippen LogP contribution in [0.3, 0.4) is 0 Å². The smallest absolute Gasteiger partial charge is 0.262 e. The van der Waals surface area contributed by atoms with E-state index in [2.05, 4.69) is 22.2 Å². The predicted molar refractivity (Wildman–Crippen MR) is 112 cm³/mol. The number of aryl methyl sites for hydroxylation is 1. The zero-order chi connectivity index (χ0) is 20.2. The standard InChI is InChI=1S/C22H18ClN3O3/c1-2-14-5-8-16(9-6-14)28-13-20(27)25-18-12-15(7-10-17(18)23)22-26-21-19(29-22)4-3-11-24-21/h3-12H,2,13H2,1H3,(H,25,27). The fourth-order valence-corrected chi connectivity index (χ4v) is 2.97. The number of rotatable bonds is 6. The Kier molecular flexibility index (Phi) is 5.44. The molecule has 0 aliphatic carbocycles. The summed E-state index contributed by atoms with van der Waals surface area (Å²) in [4.78, 5) is 20.8. The van der Waals surface area contributed by atoms with E-state index in [1.54, 1.807) is 36.5 Å². The van der Waals surface area contributed by atoms with E-state index >= 15 is 0 Å². The number of fused-ring (bicyclic) bond motifs is 1. The molecule has 4 rings (SSSR count). The maximum Gasteiger partial charge on any atom is 0.262 e. The molecule has 2 aromatic carbocycles. The highest BCUT2D eigenvalue weighted by atomic mass is 35.5. The second-order valence-corrected chi connectivity index (χ2v) is 6.78. The van der Waals surface area contributed by atoms with Gasteiger partial charge in [0.05, 0.1) is 10.7 Å². The van der Waals surface area contributed by atoms with Crippen molar-refractivity contribution in [1.82, 2.24) is 9.97 Å². The molecule has 0 bridgehead atoms. The summed E-state index contributed by atoms with van der Waals surface area (Å²) in [7, 11) is 0. The quantitative estimate of drug-likeness (QED) is 0.479. The number of halogens is 1. The Balaban J connectivity index is 1.46. The number of carbonyl (C=O) groups is 1. The van der Waals surface area contributed by atoms with Gasteiger partial charge in [-0.3, -0.25) is 4.79 Å². The van der Waals surface area contributed by atoms with Gasteiger partial charge in [0.2, 0.25) is 5.89 Å². The highest BCUT2D eigenvalue weighted by Crippen LogP contribution is 2.30. The van der Waals surface area contributed by atoms with Crippen molar-refractivity contribution in [1.29, 1.82) is 0 Å². The zero-order valence-electron chi connectivity index (χ0n) is 15.7. The molecule has 7 heteroatoms. The van der Waals surface area contributed by atoms with Crippen molar-refractivity contribution >= 4 is 34.4 Å². The molecule has 0 unspecified atom stereocenters. The molecule has 0 radical (unpaired) electrons. The number of pyridine rings is 1. The van der Waals surface area contributed by atoms with Crippen molar-refractivity contribution < 1.29 is 13.9 Å². The Labute approximate surface area is 172 Å². The monoisotopic (exact) mass is 407 g/mol. The van der Waals surface area contributed by atoms with E-state index in [1.807, 2.05) is 24.3 Å². The van der Waals surface area contributed by atoms with Gasteiger partial charge in [0.1, 0.15) is 5.75 Å². The van der Waals surface area contributed by atoms with Crippen LogP contribution in [0.1, 0.15) is 12.5 Å². The third-order valence-corrected chi connectivity index (χ3v) is 4.68. The number of hydrogen-bond acceptors (Lipinski definition) is 5. The first-order chi connectivity index (χ1) is 14.1. The van der Waals surface area contributed by atoms with Crippen LogP contribution >= 0.6 is 11.6 Å². The van der Waals surface area contributed by atoms with E-state index in [0.29, 0.717) is 39.1 Å². The van der Waals surface area contributed by atoms with Crippen molar-refractivity contribution in [3.05, 3.63) is 71.4 Å². The summed E-state index contributed by atoms with van der Waals surface area (Å²) in [5.74, 6) is 0.720. The predicted octanol–water partition coefficient (Wildman–Crippen LogP) is 5.12. The first kappa shape index (κ1) is 19.0. The van der Waals surface area contributed by atoms with Gasteiger partial charge in [-0.05, 0) is 54.4 Å². The number of nitrogens with one attached hydrogen (secondary N) is 1. The molecule has 0 aliphatic rings. The number of nitrogens with zero attached hydrogens (tertiary/aromatic N) is 2. The van der Waals surface area contributed by atoms with Gasteiger partial charge in [-0.15, -0.1) is 0 Å². The number of oxazole rings is 1. The normalized spacial score (nSPS) is 10.8. The highest BCUT2D eigenvalue weighted by molar-refractivity contribution is 6.33. The third kappa shape index (κ3) is 4.38. The number of ether oxygens (including phenoxy) is 1. The minimum absolute atomic E-state index is 0.126. The summed E-state index contributed by atoms with van der Waals surface area (Å²) >= 11 is 6.24. The Morgan fingerprint density at radius 2 is 2.00 bits per heavy atom. The van der Waals surface area contributed by atoms with Crippen LogP contribution in [0.2, 0.25) is 5.02 Å².